The lowest BCUT2D eigenvalue weighted by Crippen LogP contribution is -2.22. The number of carbonyl (C=O) groups is 1. The first kappa shape index (κ1) is 29.0. The molecule has 0 bridgehead atoms. The van der Waals surface area contributed by atoms with Gasteiger partial charge in [-0.15, -0.1) is 11.3 Å². The van der Waals surface area contributed by atoms with Crippen LogP contribution in [-0.2, 0) is 15.6 Å². The van der Waals surface area contributed by atoms with Crippen LogP contribution in [0.2, 0.25) is 0 Å². The Kier molecular flexibility index (Phi) is 8.95. The summed E-state index contributed by atoms with van der Waals surface area (Å²) in [6, 6.07) is 13.3. The zero-order valence-electron chi connectivity index (χ0n) is 24.1. The average molecular weight is 521 g/mol. The van der Waals surface area contributed by atoms with Crippen molar-refractivity contribution in [2.75, 3.05) is 6.61 Å². The summed E-state index contributed by atoms with van der Waals surface area (Å²) in [6.45, 7) is 20.8. The molecule has 4 heteroatoms. The molecule has 0 unspecified atom stereocenters. The zero-order valence-corrected chi connectivity index (χ0v) is 24.9. The molecule has 1 N–H and O–H groups in total. The van der Waals surface area contributed by atoms with Gasteiger partial charge in [0.1, 0.15) is 5.75 Å². The fourth-order valence-corrected chi connectivity index (χ4v) is 5.47. The van der Waals surface area contributed by atoms with Gasteiger partial charge in [-0.3, -0.25) is 0 Å². The van der Waals surface area contributed by atoms with Gasteiger partial charge in [-0.25, -0.2) is 4.79 Å². The number of benzene rings is 2. The van der Waals surface area contributed by atoms with Crippen molar-refractivity contribution < 1.29 is 14.6 Å². The number of hydrogen-bond donors (Lipinski definition) is 1. The largest absolute Gasteiger partial charge is 0.493 e. The molecule has 0 radical (unpaired) electrons. The van der Waals surface area contributed by atoms with Crippen molar-refractivity contribution in [2.45, 2.75) is 92.4 Å². The summed E-state index contributed by atoms with van der Waals surface area (Å²) in [4.78, 5) is 12.3. The summed E-state index contributed by atoms with van der Waals surface area (Å²) < 4.78 is 7.84. The Morgan fingerprint density at radius 1 is 1.03 bits per heavy atom. The van der Waals surface area contributed by atoms with Crippen LogP contribution in [0.25, 0.3) is 26.8 Å². The highest BCUT2D eigenvalue weighted by Crippen LogP contribution is 2.47. The van der Waals surface area contributed by atoms with Gasteiger partial charge in [0, 0.05) is 32.2 Å². The third kappa shape index (κ3) is 6.46. The number of hydrogen-bond acceptors (Lipinski definition) is 3. The van der Waals surface area contributed by atoms with Gasteiger partial charge in [0.05, 0.1) is 6.61 Å². The van der Waals surface area contributed by atoms with Gasteiger partial charge in [-0.2, -0.15) is 0 Å². The third-order valence-electron chi connectivity index (χ3n) is 7.89. The molecule has 3 rings (SSSR count). The van der Waals surface area contributed by atoms with Crippen LogP contribution in [0.4, 0.5) is 0 Å². The number of fused-ring (bicyclic) bond motifs is 1. The van der Waals surface area contributed by atoms with Crippen LogP contribution in [0, 0.1) is 5.92 Å². The monoisotopic (exact) mass is 520 g/mol. The Hall–Kier alpha value is -2.59. The predicted molar refractivity (Wildman–Crippen MR) is 160 cm³/mol. The second-order valence-electron chi connectivity index (χ2n) is 11.9. The highest BCUT2D eigenvalue weighted by atomic mass is 32.1. The molecule has 0 amide bonds. The normalized spacial score (nSPS) is 13.0. The molecule has 200 valence electrons. The van der Waals surface area contributed by atoms with Crippen molar-refractivity contribution in [1.82, 2.24) is 0 Å². The lowest BCUT2D eigenvalue weighted by Gasteiger charge is -2.32. The summed E-state index contributed by atoms with van der Waals surface area (Å²) in [5.41, 5.74) is 5.61. The number of carboxylic acid groups (broad SMARTS) is 1. The molecule has 1 aromatic heterocycles. The summed E-state index contributed by atoms with van der Waals surface area (Å²) in [6.07, 6.45) is 4.34. The minimum Gasteiger partial charge on any atom is -0.493 e. The predicted octanol–water partition coefficient (Wildman–Crippen LogP) is 9.86. The first-order chi connectivity index (χ1) is 17.3. The van der Waals surface area contributed by atoms with Crippen LogP contribution < -0.4 is 4.74 Å². The quantitative estimate of drug-likeness (QED) is 0.256. The van der Waals surface area contributed by atoms with Crippen LogP contribution in [0.3, 0.4) is 0 Å². The average Bonchev–Trinajstić information content (AvgIpc) is 3.28. The first-order valence-electron chi connectivity index (χ1n) is 13.6. The van der Waals surface area contributed by atoms with Crippen LogP contribution in [0.15, 0.2) is 42.5 Å². The highest BCUT2D eigenvalue weighted by molar-refractivity contribution is 7.20. The number of rotatable bonds is 11. The van der Waals surface area contributed by atoms with E-state index < -0.39 is 5.97 Å². The molecule has 0 aliphatic carbocycles. The lowest BCUT2D eigenvalue weighted by atomic mass is 9.74. The minimum atomic E-state index is -0.919. The molecule has 0 fully saturated rings. The van der Waals surface area contributed by atoms with E-state index in [2.05, 4.69) is 91.8 Å². The van der Waals surface area contributed by atoms with Gasteiger partial charge in [-0.1, -0.05) is 73.6 Å². The number of thiophene rings is 1. The van der Waals surface area contributed by atoms with Gasteiger partial charge in [0.2, 0.25) is 0 Å². The van der Waals surface area contributed by atoms with E-state index in [0.29, 0.717) is 12.5 Å². The Balaban J connectivity index is 2.37. The van der Waals surface area contributed by atoms with E-state index in [0.717, 1.165) is 56.7 Å². The van der Waals surface area contributed by atoms with Crippen LogP contribution in [0.1, 0.15) is 97.6 Å². The molecule has 0 saturated carbocycles. The second kappa shape index (κ2) is 11.4. The van der Waals surface area contributed by atoms with Crippen molar-refractivity contribution >= 4 is 33.0 Å². The van der Waals surface area contributed by atoms with Crippen molar-refractivity contribution in [3.8, 4) is 16.9 Å². The van der Waals surface area contributed by atoms with Crippen molar-refractivity contribution in [3.63, 3.8) is 0 Å². The van der Waals surface area contributed by atoms with E-state index in [1.54, 1.807) is 11.3 Å². The van der Waals surface area contributed by atoms with Crippen LogP contribution in [-0.4, -0.2) is 17.7 Å². The van der Waals surface area contributed by atoms with Crippen molar-refractivity contribution in [3.05, 3.63) is 58.5 Å². The molecule has 0 saturated heterocycles. The number of aliphatic carboxylic acids is 1. The van der Waals surface area contributed by atoms with Gasteiger partial charge in [0.15, 0.2) is 0 Å². The van der Waals surface area contributed by atoms with Gasteiger partial charge < -0.3 is 9.84 Å². The van der Waals surface area contributed by atoms with E-state index in [4.69, 9.17) is 4.74 Å². The summed E-state index contributed by atoms with van der Waals surface area (Å²) in [7, 11) is 0. The van der Waals surface area contributed by atoms with E-state index in [9.17, 15) is 9.90 Å². The van der Waals surface area contributed by atoms with Gasteiger partial charge >= 0.3 is 5.97 Å². The standard InChI is InChI=1S/C33H44O3S/c1-10-32(6,7)23-18-26(31(36-16-15-21(3)4)27(19-23)33(8,9)11-2)24-13-12-14-28-25(24)20-29(37-28)22(5)17-30(34)35/h12-14,17-21H,10-11,15-16H2,1-9H3,(H,34,35). The number of carboxylic acids is 1. The van der Waals surface area contributed by atoms with Crippen LogP contribution in [0.5, 0.6) is 5.75 Å². The van der Waals surface area contributed by atoms with Gasteiger partial charge in [0.25, 0.3) is 0 Å². The summed E-state index contributed by atoms with van der Waals surface area (Å²) in [5, 5.41) is 10.4. The zero-order chi connectivity index (χ0) is 27.5. The van der Waals surface area contributed by atoms with Crippen molar-refractivity contribution in [2.24, 2.45) is 5.92 Å². The maximum absolute atomic E-state index is 11.3. The molecule has 3 nitrogen and oxygen atoms in total. The molecule has 3 aromatic rings. The topological polar surface area (TPSA) is 46.5 Å². The Bertz CT molecular complexity index is 1290. The Morgan fingerprint density at radius 2 is 1.70 bits per heavy atom. The molecule has 37 heavy (non-hydrogen) atoms. The van der Waals surface area contributed by atoms with Gasteiger partial charge in [-0.05, 0) is 77.8 Å². The second-order valence-corrected chi connectivity index (χ2v) is 13.0. The molecule has 0 aliphatic rings. The Morgan fingerprint density at radius 3 is 2.30 bits per heavy atom. The summed E-state index contributed by atoms with van der Waals surface area (Å²) >= 11 is 1.64. The maximum Gasteiger partial charge on any atom is 0.328 e. The summed E-state index contributed by atoms with van der Waals surface area (Å²) in [5.74, 6) is 0.634. The maximum atomic E-state index is 11.3. The smallest absolute Gasteiger partial charge is 0.328 e. The minimum absolute atomic E-state index is 0.0261. The van der Waals surface area contributed by atoms with E-state index in [-0.39, 0.29) is 10.8 Å². The first-order valence-corrected chi connectivity index (χ1v) is 14.4. The molecule has 2 aromatic carbocycles. The van der Waals surface area contributed by atoms with Crippen molar-refractivity contribution in [1.29, 1.82) is 0 Å². The molecule has 1 heterocycles. The molecule has 0 aliphatic heterocycles. The molecular weight excluding hydrogens is 476 g/mol. The SMILES string of the molecule is CCC(C)(C)c1cc(-c2cccc3sc(C(C)=CC(=O)O)cc23)c(OCCC(C)C)c(C(C)(C)CC)c1. The van der Waals surface area contributed by atoms with E-state index in [1.165, 1.54) is 17.2 Å². The highest BCUT2D eigenvalue weighted by Gasteiger charge is 2.30. The van der Waals surface area contributed by atoms with E-state index in [1.807, 2.05) is 6.92 Å². The number of allylic oxidation sites excluding steroid dienone is 1. The lowest BCUT2D eigenvalue weighted by molar-refractivity contribution is -0.131. The molecular formula is C33H44O3S. The number of ether oxygens (including phenoxy) is 1. The third-order valence-corrected chi connectivity index (χ3v) is 9.12. The fourth-order valence-electron chi connectivity index (χ4n) is 4.42. The van der Waals surface area contributed by atoms with E-state index >= 15 is 0 Å². The Labute approximate surface area is 227 Å². The molecule has 0 spiro atoms. The molecule has 0 atom stereocenters. The van der Waals surface area contributed by atoms with Crippen LogP contribution >= 0.6 is 11.3 Å². The fraction of sp³-hybridized carbons (Fsp3) is 0.485.